The van der Waals surface area contributed by atoms with Gasteiger partial charge in [-0.2, -0.15) is 0 Å². The number of nitrogens with one attached hydrogen (secondary N) is 1. The maximum absolute atomic E-state index is 8.98. The number of hydrogen-bond acceptors (Lipinski definition) is 4. The minimum Gasteiger partial charge on any atom is -0.394 e. The van der Waals surface area contributed by atoms with Crippen LogP contribution in [0, 0.1) is 6.92 Å². The molecule has 0 saturated heterocycles. The second-order valence-corrected chi connectivity index (χ2v) is 4.61. The van der Waals surface area contributed by atoms with Gasteiger partial charge < -0.3 is 10.4 Å². The maximum Gasteiger partial charge on any atom is 0.223 e. The summed E-state index contributed by atoms with van der Waals surface area (Å²) in [6.45, 7) is 3.99. The highest BCUT2D eigenvalue weighted by Gasteiger charge is 2.21. The Labute approximate surface area is 96.1 Å². The van der Waals surface area contributed by atoms with E-state index in [4.69, 9.17) is 5.11 Å². The number of rotatable bonds is 4. The molecule has 1 aromatic heterocycles. The van der Waals surface area contributed by atoms with Gasteiger partial charge in [-0.3, -0.25) is 0 Å². The molecule has 2 N–H and O–H groups in total. The van der Waals surface area contributed by atoms with Gasteiger partial charge in [0.25, 0.3) is 0 Å². The van der Waals surface area contributed by atoms with Gasteiger partial charge in [0.15, 0.2) is 0 Å². The van der Waals surface area contributed by atoms with Crippen molar-refractivity contribution in [2.45, 2.75) is 45.1 Å². The molecule has 0 amide bonds. The van der Waals surface area contributed by atoms with Crippen molar-refractivity contribution in [2.75, 3.05) is 11.9 Å². The summed E-state index contributed by atoms with van der Waals surface area (Å²) < 4.78 is 0. The molecule has 1 fully saturated rings. The Kier molecular flexibility index (Phi) is 3.39. The van der Waals surface area contributed by atoms with Crippen LogP contribution in [0.1, 0.15) is 43.5 Å². The second kappa shape index (κ2) is 4.78. The van der Waals surface area contributed by atoms with Crippen molar-refractivity contribution in [1.82, 2.24) is 9.97 Å². The number of aliphatic hydroxyl groups is 1. The Morgan fingerprint density at radius 1 is 1.50 bits per heavy atom. The number of aromatic nitrogens is 2. The number of hydrogen-bond donors (Lipinski definition) is 2. The van der Waals surface area contributed by atoms with Crippen LogP contribution in [0.3, 0.4) is 0 Å². The van der Waals surface area contributed by atoms with Crippen LogP contribution < -0.4 is 5.32 Å². The molecule has 16 heavy (non-hydrogen) atoms. The van der Waals surface area contributed by atoms with E-state index in [0.29, 0.717) is 11.9 Å². The summed E-state index contributed by atoms with van der Waals surface area (Å²) in [4.78, 5) is 8.84. The minimum absolute atomic E-state index is 0.00367. The van der Waals surface area contributed by atoms with Crippen LogP contribution in [0.5, 0.6) is 0 Å². The zero-order valence-corrected chi connectivity index (χ0v) is 9.90. The first-order chi connectivity index (χ1) is 7.69. The molecular weight excluding hydrogens is 202 g/mol. The highest BCUT2D eigenvalue weighted by atomic mass is 16.3. The summed E-state index contributed by atoms with van der Waals surface area (Å²) in [6.07, 6.45) is 3.79. The van der Waals surface area contributed by atoms with Crippen LogP contribution in [0.15, 0.2) is 6.07 Å². The van der Waals surface area contributed by atoms with E-state index < -0.39 is 0 Å². The Hall–Kier alpha value is -1.16. The van der Waals surface area contributed by atoms with Gasteiger partial charge >= 0.3 is 0 Å². The smallest absolute Gasteiger partial charge is 0.223 e. The first-order valence-corrected chi connectivity index (χ1v) is 5.92. The van der Waals surface area contributed by atoms with E-state index in [0.717, 1.165) is 11.4 Å². The largest absolute Gasteiger partial charge is 0.394 e. The lowest BCUT2D eigenvalue weighted by atomic mass is 9.83. The number of anilines is 1. The molecule has 1 aromatic rings. The SMILES string of the molecule is Cc1cc(C2CCC2)nc(N[C@H](C)CO)n1. The van der Waals surface area contributed by atoms with E-state index in [1.165, 1.54) is 19.3 Å². The molecule has 4 heteroatoms. The Balaban J connectivity index is 2.14. The summed E-state index contributed by atoms with van der Waals surface area (Å²) in [5.74, 6) is 1.26. The van der Waals surface area contributed by atoms with E-state index in [9.17, 15) is 0 Å². The molecule has 1 atom stereocenters. The topological polar surface area (TPSA) is 58.0 Å². The fourth-order valence-electron chi connectivity index (χ4n) is 1.84. The van der Waals surface area contributed by atoms with Crippen molar-refractivity contribution in [2.24, 2.45) is 0 Å². The van der Waals surface area contributed by atoms with Crippen LogP contribution in [0.2, 0.25) is 0 Å². The third-order valence-corrected chi connectivity index (χ3v) is 3.05. The van der Waals surface area contributed by atoms with Crippen molar-refractivity contribution in [3.63, 3.8) is 0 Å². The number of nitrogens with zero attached hydrogens (tertiary/aromatic N) is 2. The van der Waals surface area contributed by atoms with Gasteiger partial charge in [-0.1, -0.05) is 6.42 Å². The molecule has 1 aliphatic rings. The lowest BCUT2D eigenvalue weighted by Gasteiger charge is -2.25. The third-order valence-electron chi connectivity index (χ3n) is 3.05. The van der Waals surface area contributed by atoms with Crippen LogP contribution in [0.25, 0.3) is 0 Å². The predicted octanol–water partition coefficient (Wildman–Crippen LogP) is 1.85. The maximum atomic E-state index is 8.98. The van der Waals surface area contributed by atoms with E-state index in [-0.39, 0.29) is 12.6 Å². The zero-order valence-electron chi connectivity index (χ0n) is 9.90. The first-order valence-electron chi connectivity index (χ1n) is 5.92. The van der Waals surface area contributed by atoms with Gasteiger partial charge in [-0.15, -0.1) is 0 Å². The molecule has 0 aliphatic heterocycles. The average molecular weight is 221 g/mol. The summed E-state index contributed by atoms with van der Waals surface area (Å²) in [5, 5.41) is 12.1. The molecule has 0 unspecified atom stereocenters. The van der Waals surface area contributed by atoms with Gasteiger partial charge in [0, 0.05) is 23.3 Å². The van der Waals surface area contributed by atoms with Crippen LogP contribution >= 0.6 is 0 Å². The molecule has 0 aromatic carbocycles. The highest BCUT2D eigenvalue weighted by Crippen LogP contribution is 2.35. The second-order valence-electron chi connectivity index (χ2n) is 4.61. The molecule has 1 heterocycles. The zero-order chi connectivity index (χ0) is 11.5. The van der Waals surface area contributed by atoms with Gasteiger partial charge in [-0.05, 0) is 32.8 Å². The lowest BCUT2D eigenvalue weighted by molar-refractivity contribution is 0.281. The Bertz CT molecular complexity index is 363. The average Bonchev–Trinajstić information content (AvgIpc) is 2.13. The lowest BCUT2D eigenvalue weighted by Crippen LogP contribution is -2.22. The van der Waals surface area contributed by atoms with Crippen molar-refractivity contribution < 1.29 is 5.11 Å². The third kappa shape index (κ3) is 2.50. The molecule has 4 nitrogen and oxygen atoms in total. The van der Waals surface area contributed by atoms with Crippen molar-refractivity contribution in [3.05, 3.63) is 17.5 Å². The summed E-state index contributed by atoms with van der Waals surface area (Å²) in [7, 11) is 0. The van der Waals surface area contributed by atoms with E-state index in [2.05, 4.69) is 21.4 Å². The summed E-state index contributed by atoms with van der Waals surface area (Å²) in [6, 6.07) is 2.06. The van der Waals surface area contributed by atoms with Gasteiger partial charge in [0.2, 0.25) is 5.95 Å². The highest BCUT2D eigenvalue weighted by molar-refractivity contribution is 5.30. The summed E-state index contributed by atoms with van der Waals surface area (Å²) >= 11 is 0. The molecular formula is C12H19N3O. The van der Waals surface area contributed by atoms with Crippen molar-refractivity contribution >= 4 is 5.95 Å². The van der Waals surface area contributed by atoms with Crippen molar-refractivity contribution in [3.8, 4) is 0 Å². The standard InChI is InChI=1S/C12H19N3O/c1-8-6-11(10-4-3-5-10)15-12(13-8)14-9(2)7-16/h6,9-10,16H,3-5,7H2,1-2H3,(H,13,14,15)/t9-/m1/s1. The van der Waals surface area contributed by atoms with E-state index >= 15 is 0 Å². The number of aryl methyl sites for hydroxylation is 1. The Morgan fingerprint density at radius 2 is 2.25 bits per heavy atom. The molecule has 1 aliphatic carbocycles. The fourth-order valence-corrected chi connectivity index (χ4v) is 1.84. The first kappa shape index (κ1) is 11.3. The minimum atomic E-state index is -0.00367. The van der Waals surface area contributed by atoms with Crippen molar-refractivity contribution in [1.29, 1.82) is 0 Å². The normalized spacial score (nSPS) is 17.9. The monoisotopic (exact) mass is 221 g/mol. The fraction of sp³-hybridized carbons (Fsp3) is 0.667. The Morgan fingerprint density at radius 3 is 2.81 bits per heavy atom. The van der Waals surface area contributed by atoms with Crippen LogP contribution in [-0.2, 0) is 0 Å². The predicted molar refractivity (Wildman–Crippen MR) is 63.5 cm³/mol. The molecule has 0 bridgehead atoms. The molecule has 0 radical (unpaired) electrons. The van der Waals surface area contributed by atoms with Gasteiger partial charge in [0.05, 0.1) is 6.61 Å². The van der Waals surface area contributed by atoms with Crippen LogP contribution in [0.4, 0.5) is 5.95 Å². The summed E-state index contributed by atoms with van der Waals surface area (Å²) in [5.41, 5.74) is 2.14. The molecule has 88 valence electrons. The van der Waals surface area contributed by atoms with Crippen LogP contribution in [-0.4, -0.2) is 27.7 Å². The van der Waals surface area contributed by atoms with E-state index in [1.807, 2.05) is 13.8 Å². The number of aliphatic hydroxyl groups excluding tert-OH is 1. The molecule has 0 spiro atoms. The van der Waals surface area contributed by atoms with E-state index in [1.54, 1.807) is 0 Å². The quantitative estimate of drug-likeness (QED) is 0.814. The van der Waals surface area contributed by atoms with Gasteiger partial charge in [-0.25, -0.2) is 9.97 Å². The molecule has 2 rings (SSSR count). The molecule has 1 saturated carbocycles. The van der Waals surface area contributed by atoms with Gasteiger partial charge in [0.1, 0.15) is 0 Å².